The second-order valence-corrected chi connectivity index (χ2v) is 7.62. The highest BCUT2D eigenvalue weighted by atomic mass is 16.5. The minimum atomic E-state index is -0.117. The summed E-state index contributed by atoms with van der Waals surface area (Å²) in [5, 5.41) is 9.94. The Morgan fingerprint density at radius 3 is 2.52 bits per heavy atom. The van der Waals surface area contributed by atoms with Crippen molar-refractivity contribution in [2.75, 3.05) is 19.8 Å². The van der Waals surface area contributed by atoms with Crippen molar-refractivity contribution in [3.63, 3.8) is 0 Å². The monoisotopic (exact) mass is 345 g/mol. The standard InChI is InChI=1S/C20H31N3O2/c1-15(18-8-9-18)22-19(24)21-14-20(10-12-25-13-11-20)23-16(2)17-6-4-3-5-7-17/h3-7,15-16,18,23H,8-14H2,1-2H3,(H2,21,22,24)/t15-,16-/m1/s1. The zero-order valence-electron chi connectivity index (χ0n) is 15.4. The number of hydrogen-bond donors (Lipinski definition) is 3. The molecule has 1 aromatic carbocycles. The van der Waals surface area contributed by atoms with Gasteiger partial charge in [-0.25, -0.2) is 4.79 Å². The fraction of sp³-hybridized carbons (Fsp3) is 0.650. The summed E-state index contributed by atoms with van der Waals surface area (Å²) >= 11 is 0. The number of carbonyl (C=O) groups excluding carboxylic acids is 1. The van der Waals surface area contributed by atoms with Crippen molar-refractivity contribution in [2.24, 2.45) is 5.92 Å². The zero-order valence-corrected chi connectivity index (χ0v) is 15.4. The van der Waals surface area contributed by atoms with Gasteiger partial charge in [-0.2, -0.15) is 0 Å². The number of urea groups is 1. The van der Waals surface area contributed by atoms with Gasteiger partial charge in [0.15, 0.2) is 0 Å². The summed E-state index contributed by atoms with van der Waals surface area (Å²) in [7, 11) is 0. The van der Waals surface area contributed by atoms with Gasteiger partial charge in [-0.05, 0) is 51.0 Å². The number of carbonyl (C=O) groups is 1. The molecule has 25 heavy (non-hydrogen) atoms. The Bertz CT molecular complexity index is 553. The van der Waals surface area contributed by atoms with E-state index in [0.29, 0.717) is 12.5 Å². The summed E-state index contributed by atoms with van der Waals surface area (Å²) in [4.78, 5) is 12.2. The highest BCUT2D eigenvalue weighted by molar-refractivity contribution is 5.74. The SMILES string of the molecule is C[C@@H](NC1(CNC(=O)N[C@H](C)C2CC2)CCOCC1)c1ccccc1. The third kappa shape index (κ3) is 5.19. The molecular formula is C20H31N3O2. The van der Waals surface area contributed by atoms with Gasteiger partial charge in [0.05, 0.1) is 0 Å². The highest BCUT2D eigenvalue weighted by Crippen LogP contribution is 2.32. The summed E-state index contributed by atoms with van der Waals surface area (Å²) in [6.07, 6.45) is 4.28. The van der Waals surface area contributed by atoms with E-state index in [1.165, 1.54) is 18.4 Å². The van der Waals surface area contributed by atoms with E-state index in [1.54, 1.807) is 0 Å². The normalized spacial score (nSPS) is 22.0. The first-order chi connectivity index (χ1) is 12.1. The van der Waals surface area contributed by atoms with Gasteiger partial charge in [0, 0.05) is 37.4 Å². The number of hydrogen-bond acceptors (Lipinski definition) is 3. The third-order valence-corrected chi connectivity index (χ3v) is 5.55. The van der Waals surface area contributed by atoms with E-state index in [1.807, 2.05) is 6.07 Å². The molecule has 1 aliphatic carbocycles. The van der Waals surface area contributed by atoms with E-state index in [9.17, 15) is 4.79 Å². The lowest BCUT2D eigenvalue weighted by Gasteiger charge is -2.40. The molecule has 2 amide bonds. The van der Waals surface area contributed by atoms with E-state index in [2.05, 4.69) is 54.1 Å². The molecule has 2 fully saturated rings. The van der Waals surface area contributed by atoms with Gasteiger partial charge in [0.1, 0.15) is 0 Å². The second kappa shape index (κ2) is 8.19. The smallest absolute Gasteiger partial charge is 0.315 e. The average Bonchev–Trinajstić information content (AvgIpc) is 3.47. The summed E-state index contributed by atoms with van der Waals surface area (Å²) in [6.45, 7) is 6.36. The van der Waals surface area contributed by atoms with Crippen molar-refractivity contribution in [3.8, 4) is 0 Å². The lowest BCUT2D eigenvalue weighted by Crippen LogP contribution is -2.58. The number of nitrogens with one attached hydrogen (secondary N) is 3. The summed E-state index contributed by atoms with van der Waals surface area (Å²) in [6, 6.07) is 10.9. The van der Waals surface area contributed by atoms with E-state index < -0.39 is 0 Å². The molecule has 3 rings (SSSR count). The van der Waals surface area contributed by atoms with Crippen molar-refractivity contribution >= 4 is 6.03 Å². The van der Waals surface area contributed by atoms with Crippen molar-refractivity contribution in [3.05, 3.63) is 35.9 Å². The minimum absolute atomic E-state index is 0.0561. The topological polar surface area (TPSA) is 62.4 Å². The molecule has 1 saturated carbocycles. The summed E-state index contributed by atoms with van der Waals surface area (Å²) in [5.74, 6) is 0.666. The molecular weight excluding hydrogens is 314 g/mol. The van der Waals surface area contributed by atoms with Crippen LogP contribution < -0.4 is 16.0 Å². The molecule has 5 nitrogen and oxygen atoms in total. The zero-order chi connectivity index (χ0) is 17.7. The number of amides is 2. The Kier molecular flexibility index (Phi) is 5.97. The van der Waals surface area contributed by atoms with Crippen LogP contribution in [0.1, 0.15) is 51.1 Å². The maximum absolute atomic E-state index is 12.2. The van der Waals surface area contributed by atoms with Crippen LogP contribution >= 0.6 is 0 Å². The largest absolute Gasteiger partial charge is 0.381 e. The van der Waals surface area contributed by atoms with Gasteiger partial charge >= 0.3 is 6.03 Å². The lowest BCUT2D eigenvalue weighted by molar-refractivity contribution is 0.0347. The molecule has 2 aliphatic rings. The Morgan fingerprint density at radius 2 is 1.88 bits per heavy atom. The first kappa shape index (κ1) is 18.2. The van der Waals surface area contributed by atoms with Crippen LogP contribution in [0, 0.1) is 5.92 Å². The Morgan fingerprint density at radius 1 is 1.20 bits per heavy atom. The first-order valence-corrected chi connectivity index (χ1v) is 9.53. The second-order valence-electron chi connectivity index (χ2n) is 7.62. The van der Waals surface area contributed by atoms with Crippen LogP contribution in [0.25, 0.3) is 0 Å². The number of benzene rings is 1. The van der Waals surface area contributed by atoms with Crippen LogP contribution in [-0.4, -0.2) is 37.4 Å². The van der Waals surface area contributed by atoms with E-state index in [4.69, 9.17) is 4.74 Å². The molecule has 0 spiro atoms. The van der Waals surface area contributed by atoms with Crippen LogP contribution in [-0.2, 0) is 4.74 Å². The predicted octanol–water partition coefficient (Wildman–Crippen LogP) is 2.98. The molecule has 138 valence electrons. The van der Waals surface area contributed by atoms with Crippen LogP contribution in [0.15, 0.2) is 30.3 Å². The Hall–Kier alpha value is -1.59. The van der Waals surface area contributed by atoms with Crippen LogP contribution in [0.4, 0.5) is 4.79 Å². The lowest BCUT2D eigenvalue weighted by atomic mass is 9.88. The molecule has 2 atom stereocenters. The molecule has 3 N–H and O–H groups in total. The van der Waals surface area contributed by atoms with E-state index >= 15 is 0 Å². The molecule has 0 unspecified atom stereocenters. The first-order valence-electron chi connectivity index (χ1n) is 9.53. The average molecular weight is 345 g/mol. The van der Waals surface area contributed by atoms with Crippen molar-refractivity contribution in [2.45, 2.75) is 57.2 Å². The van der Waals surface area contributed by atoms with Crippen molar-refractivity contribution in [1.29, 1.82) is 0 Å². The summed E-state index contributed by atoms with van der Waals surface area (Å²) < 4.78 is 5.55. The maximum atomic E-state index is 12.2. The fourth-order valence-electron chi connectivity index (χ4n) is 3.64. The Labute approximate surface area is 150 Å². The molecule has 0 radical (unpaired) electrons. The highest BCUT2D eigenvalue weighted by Gasteiger charge is 2.35. The van der Waals surface area contributed by atoms with Gasteiger partial charge in [-0.3, -0.25) is 0 Å². The summed E-state index contributed by atoms with van der Waals surface area (Å²) in [5.41, 5.74) is 1.15. The predicted molar refractivity (Wildman–Crippen MR) is 99.5 cm³/mol. The van der Waals surface area contributed by atoms with Gasteiger partial charge in [0.2, 0.25) is 0 Å². The fourth-order valence-corrected chi connectivity index (χ4v) is 3.64. The molecule has 1 saturated heterocycles. The molecule has 0 bridgehead atoms. The van der Waals surface area contributed by atoms with Crippen molar-refractivity contribution in [1.82, 2.24) is 16.0 Å². The number of ether oxygens (including phenoxy) is 1. The van der Waals surface area contributed by atoms with E-state index in [-0.39, 0.29) is 23.7 Å². The van der Waals surface area contributed by atoms with Gasteiger partial charge in [-0.1, -0.05) is 30.3 Å². The van der Waals surface area contributed by atoms with Gasteiger partial charge < -0.3 is 20.7 Å². The molecule has 1 aliphatic heterocycles. The maximum Gasteiger partial charge on any atom is 0.315 e. The van der Waals surface area contributed by atoms with Crippen LogP contribution in [0.3, 0.4) is 0 Å². The number of rotatable bonds is 7. The van der Waals surface area contributed by atoms with Crippen LogP contribution in [0.5, 0.6) is 0 Å². The van der Waals surface area contributed by atoms with Gasteiger partial charge in [-0.15, -0.1) is 0 Å². The Balaban J connectivity index is 1.57. The molecule has 1 aromatic rings. The van der Waals surface area contributed by atoms with Crippen LogP contribution in [0.2, 0.25) is 0 Å². The molecule has 5 heteroatoms. The third-order valence-electron chi connectivity index (χ3n) is 5.55. The quantitative estimate of drug-likeness (QED) is 0.712. The van der Waals surface area contributed by atoms with Crippen molar-refractivity contribution < 1.29 is 9.53 Å². The van der Waals surface area contributed by atoms with E-state index in [0.717, 1.165) is 26.1 Å². The molecule has 0 aromatic heterocycles. The van der Waals surface area contributed by atoms with Gasteiger partial charge in [0.25, 0.3) is 0 Å². The minimum Gasteiger partial charge on any atom is -0.381 e. The molecule has 1 heterocycles.